The highest BCUT2D eigenvalue weighted by molar-refractivity contribution is 7.91. The molecule has 0 spiro atoms. The maximum absolute atomic E-state index is 14.8. The van der Waals surface area contributed by atoms with Gasteiger partial charge in [-0.05, 0) is 30.2 Å². The number of aromatic nitrogens is 1. The van der Waals surface area contributed by atoms with E-state index in [2.05, 4.69) is 10.3 Å². The molecule has 1 aliphatic heterocycles. The average molecular weight is 415 g/mol. The standard InChI is InChI=1S/C21H22FN3O3S/c1-14-6-7-16-20(21(14)22)17(23-8-10-26)12-19(24-16)25-9-11-29(27,28)18-5-3-2-4-15(18)13-25/h2-7,12,26H,8-11,13H2,1H3,(H,23,24). The first-order chi connectivity index (χ1) is 13.9. The lowest BCUT2D eigenvalue weighted by molar-refractivity contribution is 0.311. The summed E-state index contributed by atoms with van der Waals surface area (Å²) in [7, 11) is -3.38. The van der Waals surface area contributed by atoms with Crippen molar-refractivity contribution in [1.82, 2.24) is 4.98 Å². The summed E-state index contributed by atoms with van der Waals surface area (Å²) < 4.78 is 40.1. The van der Waals surface area contributed by atoms with Gasteiger partial charge < -0.3 is 15.3 Å². The fourth-order valence-corrected chi connectivity index (χ4v) is 5.13. The van der Waals surface area contributed by atoms with Gasteiger partial charge >= 0.3 is 0 Å². The molecule has 0 radical (unpaired) electrons. The second kappa shape index (κ2) is 7.61. The third-order valence-corrected chi connectivity index (χ3v) is 6.93. The topological polar surface area (TPSA) is 82.5 Å². The van der Waals surface area contributed by atoms with Crippen LogP contribution in [-0.4, -0.2) is 44.0 Å². The van der Waals surface area contributed by atoms with Crippen molar-refractivity contribution >= 4 is 32.2 Å². The number of aliphatic hydroxyl groups is 1. The number of hydrogen-bond acceptors (Lipinski definition) is 6. The maximum atomic E-state index is 14.8. The third kappa shape index (κ3) is 3.65. The van der Waals surface area contributed by atoms with Crippen molar-refractivity contribution < 1.29 is 17.9 Å². The van der Waals surface area contributed by atoms with Gasteiger partial charge in [0.25, 0.3) is 0 Å². The van der Waals surface area contributed by atoms with E-state index in [4.69, 9.17) is 0 Å². The monoisotopic (exact) mass is 415 g/mol. The van der Waals surface area contributed by atoms with E-state index in [-0.39, 0.29) is 31.3 Å². The zero-order chi connectivity index (χ0) is 20.6. The number of nitrogens with zero attached hydrogens (tertiary/aromatic N) is 2. The van der Waals surface area contributed by atoms with Crippen LogP contribution in [-0.2, 0) is 16.4 Å². The van der Waals surface area contributed by atoms with Gasteiger partial charge in [0.05, 0.1) is 33.8 Å². The molecule has 0 fully saturated rings. The van der Waals surface area contributed by atoms with Gasteiger partial charge in [-0.2, -0.15) is 0 Å². The summed E-state index contributed by atoms with van der Waals surface area (Å²) in [4.78, 5) is 6.86. The Hall–Kier alpha value is -2.71. The quantitative estimate of drug-likeness (QED) is 0.682. The number of rotatable bonds is 4. The molecule has 4 rings (SSSR count). The van der Waals surface area contributed by atoms with Gasteiger partial charge in [-0.3, -0.25) is 0 Å². The summed E-state index contributed by atoms with van der Waals surface area (Å²) in [5.41, 5.74) is 2.23. The van der Waals surface area contributed by atoms with Gasteiger partial charge in [0.15, 0.2) is 9.84 Å². The lowest BCUT2D eigenvalue weighted by atomic mass is 10.1. The number of benzene rings is 2. The van der Waals surface area contributed by atoms with E-state index in [0.717, 1.165) is 0 Å². The molecule has 0 unspecified atom stereocenters. The predicted molar refractivity (Wildman–Crippen MR) is 112 cm³/mol. The largest absolute Gasteiger partial charge is 0.395 e. The van der Waals surface area contributed by atoms with E-state index in [1.807, 2.05) is 11.0 Å². The Morgan fingerprint density at radius 1 is 1.24 bits per heavy atom. The number of hydrogen-bond donors (Lipinski definition) is 2. The highest BCUT2D eigenvalue weighted by Gasteiger charge is 2.26. The van der Waals surface area contributed by atoms with Crippen molar-refractivity contribution in [2.45, 2.75) is 18.4 Å². The Kier molecular flexibility index (Phi) is 5.14. The molecule has 0 bridgehead atoms. The molecule has 1 aromatic heterocycles. The minimum Gasteiger partial charge on any atom is -0.395 e. The number of aryl methyl sites for hydroxylation is 1. The van der Waals surface area contributed by atoms with Crippen molar-refractivity contribution in [3.63, 3.8) is 0 Å². The van der Waals surface area contributed by atoms with Crippen LogP contribution in [0.4, 0.5) is 15.9 Å². The number of pyridine rings is 1. The summed E-state index contributed by atoms with van der Waals surface area (Å²) in [5.74, 6) is 0.185. The molecule has 1 aliphatic rings. The smallest absolute Gasteiger partial charge is 0.180 e. The molecule has 2 heterocycles. The van der Waals surface area contributed by atoms with Gasteiger partial charge in [-0.1, -0.05) is 24.3 Å². The van der Waals surface area contributed by atoms with Crippen molar-refractivity contribution in [2.24, 2.45) is 0 Å². The maximum Gasteiger partial charge on any atom is 0.180 e. The number of nitrogens with one attached hydrogen (secondary N) is 1. The molecule has 0 atom stereocenters. The normalized spacial score (nSPS) is 15.8. The number of aliphatic hydroxyl groups excluding tert-OH is 1. The van der Waals surface area contributed by atoms with Crippen LogP contribution in [0.3, 0.4) is 0 Å². The lowest BCUT2D eigenvalue weighted by Crippen LogP contribution is -2.26. The summed E-state index contributed by atoms with van der Waals surface area (Å²) in [6, 6.07) is 12.1. The van der Waals surface area contributed by atoms with Crippen molar-refractivity contribution in [2.75, 3.05) is 35.7 Å². The van der Waals surface area contributed by atoms with E-state index in [0.29, 0.717) is 45.0 Å². The zero-order valence-electron chi connectivity index (χ0n) is 16.0. The van der Waals surface area contributed by atoms with Crippen molar-refractivity contribution in [3.05, 3.63) is 59.4 Å². The molecular formula is C21H22FN3O3S. The molecule has 0 aliphatic carbocycles. The van der Waals surface area contributed by atoms with Crippen LogP contribution < -0.4 is 10.2 Å². The summed E-state index contributed by atoms with van der Waals surface area (Å²) >= 11 is 0. The fourth-order valence-electron chi connectivity index (χ4n) is 3.63. The lowest BCUT2D eigenvalue weighted by Gasteiger charge is -2.23. The third-order valence-electron chi connectivity index (χ3n) is 5.14. The Balaban J connectivity index is 1.83. The Morgan fingerprint density at radius 3 is 2.83 bits per heavy atom. The summed E-state index contributed by atoms with van der Waals surface area (Å²) in [6.45, 7) is 2.53. The molecule has 0 saturated carbocycles. The van der Waals surface area contributed by atoms with E-state index in [1.165, 1.54) is 0 Å². The van der Waals surface area contributed by atoms with E-state index in [1.54, 1.807) is 43.3 Å². The van der Waals surface area contributed by atoms with Crippen molar-refractivity contribution in [1.29, 1.82) is 0 Å². The highest BCUT2D eigenvalue weighted by atomic mass is 32.2. The first-order valence-electron chi connectivity index (χ1n) is 9.41. The minimum atomic E-state index is -3.38. The molecule has 2 aromatic carbocycles. The molecule has 2 N–H and O–H groups in total. The van der Waals surface area contributed by atoms with E-state index in [9.17, 15) is 17.9 Å². The Morgan fingerprint density at radius 2 is 2.03 bits per heavy atom. The van der Waals surface area contributed by atoms with Crippen LogP contribution in [0.25, 0.3) is 10.9 Å². The van der Waals surface area contributed by atoms with Gasteiger partial charge in [-0.25, -0.2) is 17.8 Å². The molecule has 8 heteroatoms. The summed E-state index contributed by atoms with van der Waals surface area (Å²) in [5, 5.41) is 12.6. The zero-order valence-corrected chi connectivity index (χ0v) is 16.8. The number of fused-ring (bicyclic) bond motifs is 2. The summed E-state index contributed by atoms with van der Waals surface area (Å²) in [6.07, 6.45) is 0. The molecule has 3 aromatic rings. The van der Waals surface area contributed by atoms with Crippen LogP contribution in [0.15, 0.2) is 47.4 Å². The Labute approximate surface area is 168 Å². The first kappa shape index (κ1) is 19.6. The molecule has 6 nitrogen and oxygen atoms in total. The van der Waals surface area contributed by atoms with E-state index < -0.39 is 9.84 Å². The highest BCUT2D eigenvalue weighted by Crippen LogP contribution is 2.32. The first-order valence-corrected chi connectivity index (χ1v) is 11.1. The fraction of sp³-hybridized carbons (Fsp3) is 0.286. The van der Waals surface area contributed by atoms with Gasteiger partial charge in [0, 0.05) is 25.7 Å². The van der Waals surface area contributed by atoms with Gasteiger partial charge in [0.1, 0.15) is 11.6 Å². The van der Waals surface area contributed by atoms with Gasteiger partial charge in [0.2, 0.25) is 0 Å². The molecule has 29 heavy (non-hydrogen) atoms. The second-order valence-corrected chi connectivity index (χ2v) is 9.19. The molecule has 0 amide bonds. The number of halogens is 1. The van der Waals surface area contributed by atoms with Crippen LogP contribution in [0.1, 0.15) is 11.1 Å². The van der Waals surface area contributed by atoms with E-state index >= 15 is 0 Å². The minimum absolute atomic E-state index is 0.0224. The van der Waals surface area contributed by atoms with Crippen LogP contribution >= 0.6 is 0 Å². The van der Waals surface area contributed by atoms with Crippen LogP contribution in [0.2, 0.25) is 0 Å². The number of sulfone groups is 1. The van der Waals surface area contributed by atoms with Crippen molar-refractivity contribution in [3.8, 4) is 0 Å². The molecule has 0 saturated heterocycles. The number of anilines is 2. The Bertz CT molecular complexity index is 1180. The average Bonchev–Trinajstić information content (AvgIpc) is 2.85. The van der Waals surface area contributed by atoms with Gasteiger partial charge in [-0.15, -0.1) is 0 Å². The SMILES string of the molecule is Cc1ccc2nc(N3CCS(=O)(=O)c4ccccc4C3)cc(NCCO)c2c1F. The predicted octanol–water partition coefficient (Wildman–Crippen LogP) is 2.88. The molecule has 152 valence electrons. The second-order valence-electron chi connectivity index (χ2n) is 7.12. The van der Waals surface area contributed by atoms with Crippen LogP contribution in [0.5, 0.6) is 0 Å². The van der Waals surface area contributed by atoms with Crippen LogP contribution in [0, 0.1) is 12.7 Å². The molecular weight excluding hydrogens is 393 g/mol.